The van der Waals surface area contributed by atoms with Crippen LogP contribution >= 0.6 is 23.4 Å². The number of hydrogen-bond acceptors (Lipinski definition) is 6. The van der Waals surface area contributed by atoms with E-state index in [0.29, 0.717) is 5.56 Å². The number of carboxylic acid groups (broad SMARTS) is 1. The maximum atomic E-state index is 12.4. The Bertz CT molecular complexity index is 869. The Labute approximate surface area is 184 Å². The highest BCUT2D eigenvalue weighted by molar-refractivity contribution is 6.37. The van der Waals surface area contributed by atoms with Crippen LogP contribution in [0.25, 0.3) is 0 Å². The molecule has 0 heterocycles. The molecule has 0 radical (unpaired) electrons. The van der Waals surface area contributed by atoms with Gasteiger partial charge >= 0.3 is 12.1 Å². The van der Waals surface area contributed by atoms with Crippen molar-refractivity contribution >= 4 is 35.5 Å². The predicted octanol–water partition coefficient (Wildman–Crippen LogP) is 5.06. The molecule has 2 aromatic carbocycles. The standard InChI is InChI=1S/C21H23Cl2NO6/c1-20(2,3)30-19(28)29-17(15-9-11-16(25)12-10-15)21(22,18(26)27)24(23)13-14-7-5-4-6-8-14/h4-12,17,25H,13H2,1-3H3,(H,26,27)/t17?,21-/m0/s1. The molecule has 0 fully saturated rings. The van der Waals surface area contributed by atoms with Gasteiger partial charge in [0.05, 0.1) is 0 Å². The van der Waals surface area contributed by atoms with Crippen LogP contribution in [0.3, 0.4) is 0 Å². The molecule has 1 unspecified atom stereocenters. The number of hydrogen-bond donors (Lipinski definition) is 2. The summed E-state index contributed by atoms with van der Waals surface area (Å²) in [5, 5.41) is 19.5. The van der Waals surface area contributed by atoms with Gasteiger partial charge < -0.3 is 19.7 Å². The van der Waals surface area contributed by atoms with E-state index >= 15 is 0 Å². The summed E-state index contributed by atoms with van der Waals surface area (Å²) in [6.45, 7) is 4.86. The molecule has 2 atom stereocenters. The van der Waals surface area contributed by atoms with Crippen LogP contribution in [0.15, 0.2) is 54.6 Å². The van der Waals surface area contributed by atoms with E-state index in [0.717, 1.165) is 4.42 Å². The minimum atomic E-state index is -2.38. The lowest BCUT2D eigenvalue weighted by Gasteiger charge is -2.36. The van der Waals surface area contributed by atoms with Crippen LogP contribution in [0.1, 0.15) is 38.0 Å². The molecular weight excluding hydrogens is 433 g/mol. The maximum Gasteiger partial charge on any atom is 0.509 e. The van der Waals surface area contributed by atoms with E-state index in [4.69, 9.17) is 32.9 Å². The number of carboxylic acids is 1. The van der Waals surface area contributed by atoms with Crippen molar-refractivity contribution in [2.45, 2.75) is 44.0 Å². The smallest absolute Gasteiger partial charge is 0.508 e. The Morgan fingerprint density at radius 1 is 1.07 bits per heavy atom. The van der Waals surface area contributed by atoms with Gasteiger partial charge in [0.1, 0.15) is 11.4 Å². The van der Waals surface area contributed by atoms with E-state index < -0.39 is 28.8 Å². The van der Waals surface area contributed by atoms with Gasteiger partial charge in [-0.2, -0.15) is 4.42 Å². The average molecular weight is 456 g/mol. The summed E-state index contributed by atoms with van der Waals surface area (Å²) in [6.07, 6.45) is -2.68. The lowest BCUT2D eigenvalue weighted by molar-refractivity contribution is -0.150. The summed E-state index contributed by atoms with van der Waals surface area (Å²) < 4.78 is 11.4. The number of rotatable bonds is 7. The third-order valence-electron chi connectivity index (χ3n) is 3.96. The number of aromatic hydroxyl groups is 1. The van der Waals surface area contributed by atoms with Gasteiger partial charge in [-0.25, -0.2) is 9.59 Å². The highest BCUT2D eigenvalue weighted by Crippen LogP contribution is 2.41. The molecular formula is C21H23Cl2NO6. The van der Waals surface area contributed by atoms with Crippen LogP contribution in [0.4, 0.5) is 4.79 Å². The molecule has 0 aliphatic heterocycles. The predicted molar refractivity (Wildman–Crippen MR) is 112 cm³/mol. The molecule has 162 valence electrons. The van der Waals surface area contributed by atoms with Crippen molar-refractivity contribution in [3.05, 3.63) is 65.7 Å². The van der Waals surface area contributed by atoms with Crippen molar-refractivity contribution < 1.29 is 29.3 Å². The number of benzene rings is 2. The molecule has 0 saturated carbocycles. The first-order valence-corrected chi connectivity index (χ1v) is 9.73. The number of alkyl halides is 1. The highest BCUT2D eigenvalue weighted by Gasteiger charge is 2.53. The van der Waals surface area contributed by atoms with E-state index in [1.54, 1.807) is 51.1 Å². The second-order valence-electron chi connectivity index (χ2n) is 7.54. The lowest BCUT2D eigenvalue weighted by atomic mass is 10.0. The van der Waals surface area contributed by atoms with E-state index in [-0.39, 0.29) is 17.9 Å². The summed E-state index contributed by atoms with van der Waals surface area (Å²) >= 11 is 12.9. The summed E-state index contributed by atoms with van der Waals surface area (Å²) in [6, 6.07) is 14.2. The van der Waals surface area contributed by atoms with Crippen LogP contribution in [0.5, 0.6) is 5.75 Å². The minimum absolute atomic E-state index is 0.0511. The lowest BCUT2D eigenvalue weighted by Crippen LogP contribution is -2.51. The Morgan fingerprint density at radius 3 is 2.13 bits per heavy atom. The van der Waals surface area contributed by atoms with Crippen LogP contribution in [-0.2, 0) is 20.8 Å². The molecule has 0 spiro atoms. The molecule has 2 aromatic rings. The van der Waals surface area contributed by atoms with E-state index in [2.05, 4.69) is 0 Å². The molecule has 30 heavy (non-hydrogen) atoms. The van der Waals surface area contributed by atoms with E-state index in [1.165, 1.54) is 24.3 Å². The van der Waals surface area contributed by atoms with Gasteiger partial charge in [-0.1, -0.05) is 54.1 Å². The number of phenols is 1. The van der Waals surface area contributed by atoms with Gasteiger partial charge in [-0.15, -0.1) is 0 Å². The Hall–Kier alpha value is -2.48. The zero-order valence-electron chi connectivity index (χ0n) is 16.7. The van der Waals surface area contributed by atoms with Crippen molar-refractivity contribution in [3.63, 3.8) is 0 Å². The largest absolute Gasteiger partial charge is 0.509 e. The summed E-state index contributed by atoms with van der Waals surface area (Å²) in [5.74, 6) is -1.59. The van der Waals surface area contributed by atoms with Gasteiger partial charge in [0, 0.05) is 6.54 Å². The van der Waals surface area contributed by atoms with Crippen molar-refractivity contribution in [1.29, 1.82) is 0 Å². The molecule has 0 aliphatic carbocycles. The number of carbonyl (C=O) groups excluding carboxylic acids is 1. The molecule has 0 bridgehead atoms. The zero-order chi connectivity index (χ0) is 22.5. The fourth-order valence-corrected chi connectivity index (χ4v) is 3.12. The fraction of sp³-hybridized carbons (Fsp3) is 0.333. The molecule has 0 saturated heterocycles. The second kappa shape index (κ2) is 9.55. The molecule has 0 aromatic heterocycles. The summed E-state index contributed by atoms with van der Waals surface area (Å²) in [5.41, 5.74) is 0.0229. The molecule has 7 nitrogen and oxygen atoms in total. The first kappa shape index (κ1) is 23.8. The van der Waals surface area contributed by atoms with Gasteiger partial charge in [-0.05, 0) is 55.8 Å². The molecule has 2 N–H and O–H groups in total. The number of ether oxygens (including phenoxy) is 2. The normalized spacial score (nSPS) is 14.6. The SMILES string of the molecule is CC(C)(C)OC(=O)OC(c1ccc(O)cc1)[C@@](Cl)(C(=O)O)N(Cl)Cc1ccccc1. The van der Waals surface area contributed by atoms with Gasteiger partial charge in [-0.3, -0.25) is 0 Å². The van der Waals surface area contributed by atoms with Gasteiger partial charge in [0.25, 0.3) is 0 Å². The van der Waals surface area contributed by atoms with Crippen LogP contribution < -0.4 is 0 Å². The molecule has 9 heteroatoms. The number of aliphatic carboxylic acids is 1. The number of carbonyl (C=O) groups is 2. The summed E-state index contributed by atoms with van der Waals surface area (Å²) in [4.78, 5) is 22.2. The zero-order valence-corrected chi connectivity index (χ0v) is 18.2. The maximum absolute atomic E-state index is 12.4. The van der Waals surface area contributed by atoms with Crippen LogP contribution in [0, 0.1) is 0 Å². The Balaban J connectivity index is 2.45. The van der Waals surface area contributed by atoms with Crippen LogP contribution in [0.2, 0.25) is 0 Å². The molecule has 2 rings (SSSR count). The Morgan fingerprint density at radius 2 is 1.63 bits per heavy atom. The first-order valence-electron chi connectivity index (χ1n) is 9.01. The van der Waals surface area contributed by atoms with Crippen molar-refractivity contribution in [2.24, 2.45) is 0 Å². The average Bonchev–Trinajstić information content (AvgIpc) is 2.65. The summed E-state index contributed by atoms with van der Waals surface area (Å²) in [7, 11) is 0. The number of phenolic OH excluding ortho intramolecular Hbond substituents is 1. The topological polar surface area (TPSA) is 96.3 Å². The fourth-order valence-electron chi connectivity index (χ4n) is 2.59. The Kier molecular flexibility index (Phi) is 7.58. The minimum Gasteiger partial charge on any atom is -0.508 e. The van der Waals surface area contributed by atoms with Crippen molar-refractivity contribution in [1.82, 2.24) is 4.42 Å². The monoisotopic (exact) mass is 455 g/mol. The van der Waals surface area contributed by atoms with Crippen molar-refractivity contribution in [2.75, 3.05) is 0 Å². The molecule has 0 aliphatic rings. The number of halogens is 2. The number of nitrogens with zero attached hydrogens (tertiary/aromatic N) is 1. The third kappa shape index (κ3) is 6.01. The van der Waals surface area contributed by atoms with Gasteiger partial charge in [0.15, 0.2) is 6.10 Å². The van der Waals surface area contributed by atoms with Crippen LogP contribution in [-0.4, -0.2) is 37.4 Å². The quantitative estimate of drug-likeness (QED) is 0.260. The third-order valence-corrected chi connectivity index (χ3v) is 5.00. The second-order valence-corrected chi connectivity index (χ2v) is 8.52. The highest BCUT2D eigenvalue weighted by atomic mass is 35.5. The van der Waals surface area contributed by atoms with E-state index in [9.17, 15) is 19.8 Å². The van der Waals surface area contributed by atoms with Crippen molar-refractivity contribution in [3.8, 4) is 5.75 Å². The van der Waals surface area contributed by atoms with Gasteiger partial charge in [0.2, 0.25) is 5.00 Å². The molecule has 0 amide bonds. The van der Waals surface area contributed by atoms with E-state index in [1.807, 2.05) is 0 Å². The first-order chi connectivity index (χ1) is 13.9.